The van der Waals surface area contributed by atoms with Crippen LogP contribution in [0.4, 0.5) is 0 Å². The van der Waals surface area contributed by atoms with Crippen LogP contribution >= 0.6 is 0 Å². The van der Waals surface area contributed by atoms with Gasteiger partial charge in [-0.3, -0.25) is 0 Å². The number of hydrogen-bond donors (Lipinski definition) is 0. The maximum absolute atomic E-state index is 14.0. The second-order valence-electron chi connectivity index (χ2n) is 16.3. The predicted octanol–water partition coefficient (Wildman–Crippen LogP) is 6.84. The van der Waals surface area contributed by atoms with Crippen LogP contribution in [-0.2, 0) is 47.4 Å². The number of ether oxygens (including phenoxy) is 10. The van der Waals surface area contributed by atoms with E-state index in [9.17, 15) is 28.8 Å². The second-order valence-corrected chi connectivity index (χ2v) is 16.3. The number of benzene rings is 6. The van der Waals surface area contributed by atoms with Crippen molar-refractivity contribution >= 4 is 35.8 Å². The lowest BCUT2D eigenvalue weighted by molar-refractivity contribution is -0.400. The molecular weight excluding hydrogens is 905 g/mol. The number of esters is 6. The van der Waals surface area contributed by atoms with Crippen LogP contribution in [0.15, 0.2) is 182 Å². The fourth-order valence-corrected chi connectivity index (χ4v) is 8.19. The summed E-state index contributed by atoms with van der Waals surface area (Å²) in [6.07, 6.45) is -9.00. The summed E-state index contributed by atoms with van der Waals surface area (Å²) in [7, 11) is 0. The highest BCUT2D eigenvalue weighted by atomic mass is 16.8. The molecule has 9 rings (SSSR count). The van der Waals surface area contributed by atoms with Crippen molar-refractivity contribution in [3.63, 3.8) is 0 Å². The van der Waals surface area contributed by atoms with Crippen molar-refractivity contribution in [1.29, 1.82) is 0 Å². The van der Waals surface area contributed by atoms with Gasteiger partial charge in [0, 0.05) is 0 Å². The monoisotopic (exact) mass is 948 g/mol. The van der Waals surface area contributed by atoms with Gasteiger partial charge >= 0.3 is 35.8 Å². The van der Waals surface area contributed by atoms with Gasteiger partial charge in [-0.2, -0.15) is 0 Å². The molecule has 0 amide bonds. The van der Waals surface area contributed by atoms with Crippen LogP contribution in [0.1, 0.15) is 62.1 Å². The van der Waals surface area contributed by atoms with Gasteiger partial charge in [0.05, 0.1) is 33.4 Å². The lowest BCUT2D eigenvalue weighted by atomic mass is 10.0. The molecule has 70 heavy (non-hydrogen) atoms. The number of rotatable bonds is 14. The van der Waals surface area contributed by atoms with Crippen molar-refractivity contribution in [3.05, 3.63) is 215 Å². The molecule has 0 N–H and O–H groups in total. The van der Waals surface area contributed by atoms with Crippen molar-refractivity contribution < 1.29 is 76.1 Å². The first-order valence-electron chi connectivity index (χ1n) is 22.2. The first-order valence-corrected chi connectivity index (χ1v) is 22.2. The van der Waals surface area contributed by atoms with Crippen molar-refractivity contribution in [2.75, 3.05) is 26.4 Å². The molecule has 3 fully saturated rings. The lowest BCUT2D eigenvalue weighted by Gasteiger charge is -2.45. The Hall–Kier alpha value is -8.02. The van der Waals surface area contributed by atoms with Crippen molar-refractivity contribution in [2.24, 2.45) is 0 Å². The number of hydrogen-bond acceptors (Lipinski definition) is 16. The molecule has 2 spiro atoms. The molecule has 6 aromatic carbocycles. The predicted molar refractivity (Wildman–Crippen MR) is 243 cm³/mol. The maximum Gasteiger partial charge on any atom is 0.338 e. The summed E-state index contributed by atoms with van der Waals surface area (Å²) in [6, 6.07) is 48.4. The Balaban J connectivity index is 1.07. The largest absolute Gasteiger partial charge is 0.459 e. The molecule has 0 radical (unpaired) electrons. The van der Waals surface area contributed by atoms with Crippen LogP contribution in [0.3, 0.4) is 0 Å². The van der Waals surface area contributed by atoms with Crippen molar-refractivity contribution in [1.82, 2.24) is 0 Å². The zero-order valence-corrected chi connectivity index (χ0v) is 37.1. The topological polar surface area (TPSA) is 195 Å². The van der Waals surface area contributed by atoms with Crippen LogP contribution in [0.5, 0.6) is 0 Å². The molecule has 8 atom stereocenters. The molecule has 3 aliphatic rings. The minimum absolute atomic E-state index is 0.126. The molecule has 3 aliphatic heterocycles. The fourth-order valence-electron chi connectivity index (χ4n) is 8.19. The average Bonchev–Trinajstić information content (AvgIpc) is 3.85. The highest BCUT2D eigenvalue weighted by Crippen LogP contribution is 2.47. The Kier molecular flexibility index (Phi) is 14.2. The molecule has 16 nitrogen and oxygen atoms in total. The summed E-state index contributed by atoms with van der Waals surface area (Å²) in [4.78, 5) is 82.4. The van der Waals surface area contributed by atoms with Gasteiger partial charge in [-0.1, -0.05) is 109 Å². The van der Waals surface area contributed by atoms with E-state index in [-0.39, 0.29) is 33.4 Å². The molecule has 3 saturated heterocycles. The van der Waals surface area contributed by atoms with E-state index in [1.165, 1.54) is 48.5 Å². The average molecular weight is 949 g/mol. The maximum atomic E-state index is 14.0. The van der Waals surface area contributed by atoms with E-state index in [1.807, 2.05) is 0 Å². The third-order valence-electron chi connectivity index (χ3n) is 11.7. The second kappa shape index (κ2) is 21.1. The van der Waals surface area contributed by atoms with Crippen molar-refractivity contribution in [2.45, 2.75) is 48.2 Å². The normalized spacial score (nSPS) is 24.5. The zero-order valence-electron chi connectivity index (χ0n) is 37.1. The van der Waals surface area contributed by atoms with E-state index < -0.39 is 110 Å². The highest BCUT2D eigenvalue weighted by Gasteiger charge is 2.69. The minimum Gasteiger partial charge on any atom is -0.459 e. The van der Waals surface area contributed by atoms with E-state index in [0.717, 1.165) is 0 Å². The Morgan fingerprint density at radius 1 is 0.357 bits per heavy atom. The quantitative estimate of drug-likeness (QED) is 0.0813. The smallest absolute Gasteiger partial charge is 0.338 e. The van der Waals surface area contributed by atoms with E-state index in [2.05, 4.69) is 0 Å². The SMILES string of the molecule is O=C(OC[C@H]1O[C@@]2(CO[C@@]3(CO2)O[C@H](COC(=O)c2ccccc2)[C@@H](OC(=O)c2ccccc2)[C@@H]3OC(=O)c2ccccc2)[C@@H](OC(=O)c2ccccc2)[C@@H]1OC(=O)c1ccccc1)c1ccccc1. The van der Waals surface area contributed by atoms with E-state index in [1.54, 1.807) is 133 Å². The van der Waals surface area contributed by atoms with Crippen LogP contribution in [0.2, 0.25) is 0 Å². The van der Waals surface area contributed by atoms with Crippen molar-refractivity contribution in [3.8, 4) is 0 Å². The van der Waals surface area contributed by atoms with Crippen LogP contribution in [-0.4, -0.2) is 110 Å². The summed E-state index contributed by atoms with van der Waals surface area (Å²) in [6.45, 7) is -2.46. The summed E-state index contributed by atoms with van der Waals surface area (Å²) >= 11 is 0. The molecule has 16 heteroatoms. The molecule has 0 aliphatic carbocycles. The highest BCUT2D eigenvalue weighted by molar-refractivity contribution is 5.92. The number of carbonyl (C=O) groups is 6. The molecular formula is C54H44O16. The van der Waals surface area contributed by atoms with E-state index >= 15 is 0 Å². The van der Waals surface area contributed by atoms with Crippen LogP contribution < -0.4 is 0 Å². The molecule has 3 heterocycles. The summed E-state index contributed by atoms with van der Waals surface area (Å²) in [5, 5.41) is 0. The Morgan fingerprint density at radius 3 is 0.857 bits per heavy atom. The first-order chi connectivity index (χ1) is 34.1. The fraction of sp³-hybridized carbons (Fsp3) is 0.222. The van der Waals surface area contributed by atoms with E-state index in [4.69, 9.17) is 47.4 Å². The minimum atomic E-state index is -2.15. The molecule has 0 saturated carbocycles. The lowest BCUT2D eigenvalue weighted by Crippen LogP contribution is -2.64. The van der Waals surface area contributed by atoms with Gasteiger partial charge in [0.1, 0.15) is 38.6 Å². The number of carbonyl (C=O) groups excluding carboxylic acids is 6. The van der Waals surface area contributed by atoms with E-state index in [0.29, 0.717) is 0 Å². The van der Waals surface area contributed by atoms with Crippen LogP contribution in [0.25, 0.3) is 0 Å². The van der Waals surface area contributed by atoms with Gasteiger partial charge < -0.3 is 47.4 Å². The van der Waals surface area contributed by atoms with Gasteiger partial charge in [-0.25, -0.2) is 28.8 Å². The third-order valence-corrected chi connectivity index (χ3v) is 11.7. The summed E-state index contributed by atoms with van der Waals surface area (Å²) in [5.74, 6) is -9.13. The van der Waals surface area contributed by atoms with Gasteiger partial charge in [0.15, 0.2) is 24.4 Å². The molecule has 0 aromatic heterocycles. The summed E-state index contributed by atoms with van der Waals surface area (Å²) < 4.78 is 62.4. The zero-order chi connectivity index (χ0) is 48.5. The van der Waals surface area contributed by atoms with Gasteiger partial charge in [-0.05, 0) is 72.8 Å². The van der Waals surface area contributed by atoms with Gasteiger partial charge in [-0.15, -0.1) is 0 Å². The van der Waals surface area contributed by atoms with Crippen LogP contribution in [0, 0.1) is 0 Å². The molecule has 356 valence electrons. The third kappa shape index (κ3) is 10.4. The van der Waals surface area contributed by atoms with Gasteiger partial charge in [0.25, 0.3) is 0 Å². The Bertz CT molecular complexity index is 2580. The Morgan fingerprint density at radius 2 is 0.600 bits per heavy atom. The summed E-state index contributed by atoms with van der Waals surface area (Å²) in [5.41, 5.74) is 0.991. The molecule has 0 bridgehead atoms. The first kappa shape index (κ1) is 47.1. The Labute approximate surface area is 400 Å². The molecule has 0 unspecified atom stereocenters. The molecule has 6 aromatic rings. The standard InChI is InChI=1S/C54H44O16/c55-47(35-19-7-1-8-20-35)61-31-41-43(65-49(57)37-23-11-3-12-24-37)45(67-51(59)39-27-15-5-16-28-39)53(69-41)33-64-54(34-63-53)46(68-52(60)40-29-17-6-18-30-40)44(66-50(58)38-25-13-4-14-26-38)42(70-54)32-62-48(56)36-21-9-2-10-22-36/h1-30,41-46H,31-34H2/t41-,42-,43-,44-,45+,46+,53+,54+/m1/s1. The van der Waals surface area contributed by atoms with Gasteiger partial charge in [0.2, 0.25) is 11.6 Å².